The quantitative estimate of drug-likeness (QED) is 0.205. The molecule has 0 N–H and O–H groups in total. The lowest BCUT2D eigenvalue weighted by atomic mass is 10.2. The molecule has 32 heavy (non-hydrogen) atoms. The Morgan fingerprint density at radius 1 is 0.938 bits per heavy atom. The highest BCUT2D eigenvalue weighted by molar-refractivity contribution is 9.10. The van der Waals surface area contributed by atoms with E-state index in [0.717, 1.165) is 0 Å². The molecule has 166 valence electrons. The molecule has 0 saturated carbocycles. The van der Waals surface area contributed by atoms with Gasteiger partial charge in [0.2, 0.25) is 0 Å². The number of halogens is 2. The third-order valence-corrected chi connectivity index (χ3v) is 5.03. The number of esters is 2. The van der Waals surface area contributed by atoms with Crippen LogP contribution in [0.5, 0.6) is 17.2 Å². The van der Waals surface area contributed by atoms with E-state index in [9.17, 15) is 9.59 Å². The van der Waals surface area contributed by atoms with Crippen molar-refractivity contribution in [1.82, 2.24) is 0 Å². The van der Waals surface area contributed by atoms with Crippen LogP contribution in [0.4, 0.5) is 0 Å². The number of ether oxygens (including phenoxy) is 4. The van der Waals surface area contributed by atoms with Crippen LogP contribution in [0, 0.1) is 0 Å². The van der Waals surface area contributed by atoms with Crippen LogP contribution < -0.4 is 14.2 Å². The molecule has 0 spiro atoms. The summed E-state index contributed by atoms with van der Waals surface area (Å²) in [7, 11) is 0. The first-order valence-corrected chi connectivity index (χ1v) is 10.9. The van der Waals surface area contributed by atoms with E-state index in [0.29, 0.717) is 21.0 Å². The number of benzene rings is 3. The van der Waals surface area contributed by atoms with Gasteiger partial charge in [0.05, 0.1) is 4.47 Å². The van der Waals surface area contributed by atoms with Crippen LogP contribution in [0.3, 0.4) is 0 Å². The second kappa shape index (κ2) is 11.5. The van der Waals surface area contributed by atoms with Crippen LogP contribution in [0.25, 0.3) is 0 Å². The topological polar surface area (TPSA) is 71.1 Å². The van der Waals surface area contributed by atoms with Gasteiger partial charge in [-0.05, 0) is 65.3 Å². The van der Waals surface area contributed by atoms with Gasteiger partial charge < -0.3 is 18.9 Å². The lowest BCUT2D eigenvalue weighted by molar-refractivity contribution is -0.141. The molecule has 0 aliphatic heterocycles. The Kier molecular flexibility index (Phi) is 8.53. The smallest absolute Gasteiger partial charge is 0.352 e. The van der Waals surface area contributed by atoms with Crippen molar-refractivity contribution in [1.29, 1.82) is 0 Å². The fourth-order valence-electron chi connectivity index (χ4n) is 2.61. The molecular formula is C24H20BrClO6. The summed E-state index contributed by atoms with van der Waals surface area (Å²) in [5.41, 5.74) is 0.125. The van der Waals surface area contributed by atoms with Crippen molar-refractivity contribution in [2.75, 3.05) is 13.2 Å². The van der Waals surface area contributed by atoms with Gasteiger partial charge in [-0.1, -0.05) is 41.9 Å². The Bertz CT molecular complexity index is 1070. The van der Waals surface area contributed by atoms with Crippen molar-refractivity contribution in [3.63, 3.8) is 0 Å². The minimum absolute atomic E-state index is 0.0418. The molecule has 0 fully saturated rings. The molecular weight excluding hydrogens is 500 g/mol. The molecule has 0 aliphatic rings. The van der Waals surface area contributed by atoms with E-state index in [1.165, 1.54) is 12.1 Å². The third-order valence-electron chi connectivity index (χ3n) is 4.18. The molecule has 1 unspecified atom stereocenters. The number of hydrogen-bond donors (Lipinski definition) is 0. The SMILES string of the molecule is CC(Oc1ccc(Cl)cc1Br)C(=O)Oc1ccccc1C(=O)OCCOc1ccccc1. The molecule has 0 heterocycles. The molecule has 0 radical (unpaired) electrons. The van der Waals surface area contributed by atoms with E-state index in [-0.39, 0.29) is 24.5 Å². The van der Waals surface area contributed by atoms with Gasteiger partial charge in [-0.25, -0.2) is 9.59 Å². The maximum absolute atomic E-state index is 12.5. The normalized spacial score (nSPS) is 11.3. The van der Waals surface area contributed by atoms with Gasteiger partial charge in [0.25, 0.3) is 0 Å². The molecule has 0 saturated heterocycles. The van der Waals surface area contributed by atoms with Gasteiger partial charge in [0.15, 0.2) is 6.10 Å². The standard InChI is InChI=1S/C24H20BrClO6/c1-16(31-22-12-11-17(26)15-20(22)25)23(27)32-21-10-6-5-9-19(21)24(28)30-14-13-29-18-7-3-2-4-8-18/h2-12,15-16H,13-14H2,1H3. The van der Waals surface area contributed by atoms with Gasteiger partial charge >= 0.3 is 11.9 Å². The third kappa shape index (κ3) is 6.73. The predicted molar refractivity (Wildman–Crippen MR) is 124 cm³/mol. The van der Waals surface area contributed by atoms with Crippen LogP contribution in [-0.2, 0) is 9.53 Å². The Morgan fingerprint density at radius 3 is 2.41 bits per heavy atom. The minimum Gasteiger partial charge on any atom is -0.490 e. The van der Waals surface area contributed by atoms with Crippen LogP contribution in [0.1, 0.15) is 17.3 Å². The molecule has 0 aromatic heterocycles. The molecule has 3 aromatic rings. The molecule has 0 aliphatic carbocycles. The zero-order chi connectivity index (χ0) is 22.9. The largest absolute Gasteiger partial charge is 0.490 e. The van der Waals surface area contributed by atoms with E-state index in [4.69, 9.17) is 30.5 Å². The van der Waals surface area contributed by atoms with E-state index in [1.54, 1.807) is 37.3 Å². The van der Waals surface area contributed by atoms with Gasteiger partial charge in [-0.3, -0.25) is 0 Å². The van der Waals surface area contributed by atoms with Gasteiger partial charge in [0, 0.05) is 5.02 Å². The fraction of sp³-hybridized carbons (Fsp3) is 0.167. The summed E-state index contributed by atoms with van der Waals surface area (Å²) in [6.07, 6.45) is -0.934. The maximum atomic E-state index is 12.5. The van der Waals surface area contributed by atoms with E-state index < -0.39 is 18.0 Å². The van der Waals surface area contributed by atoms with Crippen molar-refractivity contribution in [2.45, 2.75) is 13.0 Å². The highest BCUT2D eigenvalue weighted by atomic mass is 79.9. The Hall–Kier alpha value is -3.03. The molecule has 0 amide bonds. The maximum Gasteiger partial charge on any atom is 0.352 e. The Balaban J connectivity index is 1.56. The average molecular weight is 520 g/mol. The van der Waals surface area contributed by atoms with Crippen LogP contribution >= 0.6 is 27.5 Å². The second-order valence-electron chi connectivity index (χ2n) is 6.55. The Labute approximate surface area is 199 Å². The van der Waals surface area contributed by atoms with Crippen LogP contribution in [-0.4, -0.2) is 31.3 Å². The lowest BCUT2D eigenvalue weighted by Gasteiger charge is -2.16. The van der Waals surface area contributed by atoms with Crippen molar-refractivity contribution in [3.05, 3.63) is 87.9 Å². The van der Waals surface area contributed by atoms with Crippen molar-refractivity contribution < 1.29 is 28.5 Å². The van der Waals surface area contributed by atoms with E-state index in [1.807, 2.05) is 30.3 Å². The van der Waals surface area contributed by atoms with Crippen LogP contribution in [0.2, 0.25) is 5.02 Å². The zero-order valence-corrected chi connectivity index (χ0v) is 19.5. The molecule has 6 nitrogen and oxygen atoms in total. The van der Waals surface area contributed by atoms with Crippen molar-refractivity contribution in [2.24, 2.45) is 0 Å². The summed E-state index contributed by atoms with van der Waals surface area (Å²) >= 11 is 9.25. The molecule has 0 bridgehead atoms. The number of hydrogen-bond acceptors (Lipinski definition) is 6. The Morgan fingerprint density at radius 2 is 1.66 bits per heavy atom. The first-order chi connectivity index (χ1) is 15.4. The van der Waals surface area contributed by atoms with Crippen LogP contribution in [0.15, 0.2) is 77.3 Å². The highest BCUT2D eigenvalue weighted by Gasteiger charge is 2.22. The second-order valence-corrected chi connectivity index (χ2v) is 7.84. The summed E-state index contributed by atoms with van der Waals surface area (Å²) in [4.78, 5) is 25.0. The first kappa shape index (κ1) is 23.6. The monoisotopic (exact) mass is 518 g/mol. The first-order valence-electron chi connectivity index (χ1n) is 9.71. The molecule has 3 rings (SSSR count). The minimum atomic E-state index is -0.934. The van der Waals surface area contributed by atoms with Gasteiger partial charge in [-0.2, -0.15) is 0 Å². The van der Waals surface area contributed by atoms with Gasteiger partial charge in [-0.15, -0.1) is 0 Å². The summed E-state index contributed by atoms with van der Waals surface area (Å²) in [6.45, 7) is 1.78. The summed E-state index contributed by atoms with van der Waals surface area (Å²) in [5.74, 6) is -0.0974. The summed E-state index contributed by atoms with van der Waals surface area (Å²) < 4.78 is 22.4. The zero-order valence-electron chi connectivity index (χ0n) is 17.1. The molecule has 3 aromatic carbocycles. The number of para-hydroxylation sites is 2. The van der Waals surface area contributed by atoms with Gasteiger partial charge in [0.1, 0.15) is 36.0 Å². The number of carbonyl (C=O) groups is 2. The lowest BCUT2D eigenvalue weighted by Crippen LogP contribution is -2.29. The van der Waals surface area contributed by atoms with Crippen molar-refractivity contribution >= 4 is 39.5 Å². The molecule has 8 heteroatoms. The molecule has 1 atom stereocenters. The van der Waals surface area contributed by atoms with Crippen molar-refractivity contribution in [3.8, 4) is 17.2 Å². The highest BCUT2D eigenvalue weighted by Crippen LogP contribution is 2.29. The number of rotatable bonds is 9. The summed E-state index contributed by atoms with van der Waals surface area (Å²) in [5, 5.41) is 0.529. The predicted octanol–water partition coefficient (Wildman–Crippen LogP) is 5.71. The summed E-state index contributed by atoms with van der Waals surface area (Å²) in [6, 6.07) is 20.5. The van der Waals surface area contributed by atoms with E-state index in [2.05, 4.69) is 15.9 Å². The number of carbonyl (C=O) groups excluding carboxylic acids is 2. The average Bonchev–Trinajstić information content (AvgIpc) is 2.79. The van der Waals surface area contributed by atoms with E-state index >= 15 is 0 Å². The fourth-order valence-corrected chi connectivity index (χ4v) is 3.39.